The van der Waals surface area contributed by atoms with Gasteiger partial charge in [0, 0.05) is 16.5 Å². The number of methoxy groups -OCH3 is 1. The van der Waals surface area contributed by atoms with E-state index in [9.17, 15) is 4.79 Å². The molecule has 0 saturated carbocycles. The van der Waals surface area contributed by atoms with Crippen LogP contribution in [0.5, 0.6) is 5.75 Å². The molecule has 0 amide bonds. The van der Waals surface area contributed by atoms with Crippen LogP contribution in [0.2, 0.25) is 5.02 Å². The molecule has 0 aliphatic heterocycles. The third-order valence-electron chi connectivity index (χ3n) is 2.18. The van der Waals surface area contributed by atoms with Crippen LogP contribution in [-0.2, 0) is 9.53 Å². The highest BCUT2D eigenvalue weighted by atomic mass is 79.9. The minimum Gasteiger partial charge on any atom is -0.492 e. The van der Waals surface area contributed by atoms with Gasteiger partial charge >= 0.3 is 5.97 Å². The van der Waals surface area contributed by atoms with Crippen LogP contribution in [0.25, 0.3) is 0 Å². The summed E-state index contributed by atoms with van der Waals surface area (Å²) >= 11 is 10.7. The van der Waals surface area contributed by atoms with Crippen molar-refractivity contribution < 1.29 is 14.3 Å². The zero-order valence-electron chi connectivity index (χ0n) is 10.4. The lowest BCUT2D eigenvalue weighted by Gasteiger charge is -2.10. The van der Waals surface area contributed by atoms with E-state index in [0.717, 1.165) is 16.0 Å². The maximum Gasteiger partial charge on any atom is 0.323 e. The normalized spacial score (nSPS) is 12.0. The largest absolute Gasteiger partial charge is 0.492 e. The summed E-state index contributed by atoms with van der Waals surface area (Å²) in [7, 11) is 1.33. The summed E-state index contributed by atoms with van der Waals surface area (Å²) in [6.07, 6.45) is 0. The molecular formula is C12H15BrClNO3S. The van der Waals surface area contributed by atoms with E-state index in [4.69, 9.17) is 22.1 Å². The van der Waals surface area contributed by atoms with Gasteiger partial charge in [0.05, 0.1) is 18.2 Å². The third-order valence-corrected chi connectivity index (χ3v) is 4.09. The first-order chi connectivity index (χ1) is 9.04. The summed E-state index contributed by atoms with van der Waals surface area (Å²) < 4.78 is 10.9. The number of ether oxygens (including phenoxy) is 2. The van der Waals surface area contributed by atoms with Crippen LogP contribution in [0.1, 0.15) is 0 Å². The summed E-state index contributed by atoms with van der Waals surface area (Å²) in [5, 5.41) is 0.651. The Morgan fingerprint density at radius 2 is 2.32 bits per heavy atom. The van der Waals surface area contributed by atoms with Crippen LogP contribution in [-0.4, -0.2) is 37.2 Å². The Morgan fingerprint density at radius 1 is 1.58 bits per heavy atom. The molecule has 0 aromatic heterocycles. The van der Waals surface area contributed by atoms with Crippen molar-refractivity contribution in [1.29, 1.82) is 0 Å². The Bertz CT molecular complexity index is 433. The van der Waals surface area contributed by atoms with E-state index in [2.05, 4.69) is 20.7 Å². The maximum absolute atomic E-state index is 11.1. The Hall–Kier alpha value is -0.430. The first-order valence-corrected chi connectivity index (χ1v) is 7.86. The molecule has 0 fully saturated rings. The number of hydrogen-bond donors (Lipinski definition) is 1. The number of carbonyl (C=O) groups is 1. The van der Waals surface area contributed by atoms with Gasteiger partial charge in [0.25, 0.3) is 0 Å². The second-order valence-corrected chi connectivity index (χ2v) is 6.07. The summed E-state index contributed by atoms with van der Waals surface area (Å²) in [5.74, 6) is 1.59. The number of rotatable bonds is 7. The maximum atomic E-state index is 11.1. The van der Waals surface area contributed by atoms with Gasteiger partial charge in [-0.05, 0) is 34.1 Å². The number of carbonyl (C=O) groups excluding carboxylic acids is 1. The summed E-state index contributed by atoms with van der Waals surface area (Å²) in [5.41, 5.74) is 5.60. The molecule has 4 nitrogen and oxygen atoms in total. The van der Waals surface area contributed by atoms with E-state index in [-0.39, 0.29) is 0 Å². The van der Waals surface area contributed by atoms with Crippen molar-refractivity contribution in [2.45, 2.75) is 6.04 Å². The van der Waals surface area contributed by atoms with Gasteiger partial charge < -0.3 is 15.2 Å². The van der Waals surface area contributed by atoms with Crippen molar-refractivity contribution in [1.82, 2.24) is 0 Å². The quantitative estimate of drug-likeness (QED) is 0.592. The van der Waals surface area contributed by atoms with Crippen molar-refractivity contribution >= 4 is 45.3 Å². The first kappa shape index (κ1) is 16.6. The molecule has 19 heavy (non-hydrogen) atoms. The highest BCUT2D eigenvalue weighted by Gasteiger charge is 2.12. The Kier molecular flexibility index (Phi) is 7.60. The van der Waals surface area contributed by atoms with E-state index in [1.807, 2.05) is 0 Å². The minimum atomic E-state index is -0.586. The highest BCUT2D eigenvalue weighted by molar-refractivity contribution is 9.10. The standard InChI is InChI=1S/C12H15BrClNO3S/c1-17-12(16)10(15)7-19-5-4-18-11-3-2-8(14)6-9(11)13/h2-3,6,10H,4-5,7,15H2,1H3. The summed E-state index contributed by atoms with van der Waals surface area (Å²) in [6.45, 7) is 0.527. The van der Waals surface area contributed by atoms with E-state index in [1.165, 1.54) is 7.11 Å². The van der Waals surface area contributed by atoms with E-state index < -0.39 is 12.0 Å². The number of thioether (sulfide) groups is 1. The second-order valence-electron chi connectivity index (χ2n) is 3.63. The second kappa shape index (κ2) is 8.68. The monoisotopic (exact) mass is 367 g/mol. The average molecular weight is 369 g/mol. The molecule has 0 spiro atoms. The lowest BCUT2D eigenvalue weighted by Crippen LogP contribution is -2.34. The lowest BCUT2D eigenvalue weighted by atomic mass is 10.3. The van der Waals surface area contributed by atoms with E-state index in [1.54, 1.807) is 30.0 Å². The SMILES string of the molecule is COC(=O)C(N)CSCCOc1ccc(Cl)cc1Br. The van der Waals surface area contributed by atoms with Crippen molar-refractivity contribution in [3.05, 3.63) is 27.7 Å². The van der Waals surface area contributed by atoms with Gasteiger partial charge in [-0.15, -0.1) is 0 Å². The number of halogens is 2. The number of esters is 1. The van der Waals surface area contributed by atoms with Gasteiger partial charge in [-0.3, -0.25) is 4.79 Å². The molecule has 0 aliphatic rings. The summed E-state index contributed by atoms with van der Waals surface area (Å²) in [6, 6.07) is 4.76. The molecule has 1 atom stereocenters. The molecule has 2 N–H and O–H groups in total. The molecule has 1 rings (SSSR count). The van der Waals surface area contributed by atoms with Crippen LogP contribution < -0.4 is 10.5 Å². The molecule has 106 valence electrons. The van der Waals surface area contributed by atoms with Gasteiger partial charge in [-0.2, -0.15) is 11.8 Å². The molecule has 0 aliphatic carbocycles. The molecule has 0 bridgehead atoms. The molecule has 0 radical (unpaired) electrons. The van der Waals surface area contributed by atoms with Crippen LogP contribution in [0.3, 0.4) is 0 Å². The molecule has 1 unspecified atom stereocenters. The fraction of sp³-hybridized carbons (Fsp3) is 0.417. The van der Waals surface area contributed by atoms with Crippen LogP contribution in [0, 0.1) is 0 Å². The van der Waals surface area contributed by atoms with Crippen LogP contribution in [0.4, 0.5) is 0 Å². The van der Waals surface area contributed by atoms with E-state index in [0.29, 0.717) is 17.4 Å². The van der Waals surface area contributed by atoms with Gasteiger partial charge in [-0.25, -0.2) is 0 Å². The smallest absolute Gasteiger partial charge is 0.323 e. The van der Waals surface area contributed by atoms with Crippen LogP contribution >= 0.6 is 39.3 Å². The lowest BCUT2D eigenvalue weighted by molar-refractivity contribution is -0.141. The van der Waals surface area contributed by atoms with Gasteiger partial charge in [0.2, 0.25) is 0 Å². The molecular weight excluding hydrogens is 354 g/mol. The average Bonchev–Trinajstić information content (AvgIpc) is 2.39. The molecule has 0 heterocycles. The fourth-order valence-electron chi connectivity index (χ4n) is 1.23. The number of benzene rings is 1. The van der Waals surface area contributed by atoms with Gasteiger partial charge in [0.15, 0.2) is 0 Å². The highest BCUT2D eigenvalue weighted by Crippen LogP contribution is 2.27. The zero-order valence-corrected chi connectivity index (χ0v) is 13.6. The predicted octanol–water partition coefficient (Wildman–Crippen LogP) is 2.71. The Morgan fingerprint density at radius 3 is 2.95 bits per heavy atom. The third kappa shape index (κ3) is 6.03. The number of nitrogens with two attached hydrogens (primary N) is 1. The van der Waals surface area contributed by atoms with Crippen molar-refractivity contribution in [2.75, 3.05) is 25.2 Å². The predicted molar refractivity (Wildman–Crippen MR) is 82.0 cm³/mol. The van der Waals surface area contributed by atoms with Gasteiger partial charge in [-0.1, -0.05) is 11.6 Å². The molecule has 0 saturated heterocycles. The first-order valence-electron chi connectivity index (χ1n) is 5.53. The van der Waals surface area contributed by atoms with Crippen molar-refractivity contribution in [3.8, 4) is 5.75 Å². The summed E-state index contributed by atoms with van der Waals surface area (Å²) in [4.78, 5) is 11.1. The van der Waals surface area contributed by atoms with E-state index >= 15 is 0 Å². The number of hydrogen-bond acceptors (Lipinski definition) is 5. The molecule has 1 aromatic carbocycles. The van der Waals surface area contributed by atoms with Crippen molar-refractivity contribution in [2.24, 2.45) is 5.73 Å². The molecule has 7 heteroatoms. The van der Waals surface area contributed by atoms with Gasteiger partial charge in [0.1, 0.15) is 11.8 Å². The Labute approximate surface area is 130 Å². The molecule has 1 aromatic rings. The Balaban J connectivity index is 2.22. The van der Waals surface area contributed by atoms with Crippen molar-refractivity contribution in [3.63, 3.8) is 0 Å². The topological polar surface area (TPSA) is 61.5 Å². The minimum absolute atomic E-state index is 0.395. The zero-order chi connectivity index (χ0) is 14.3. The van der Waals surface area contributed by atoms with Crippen LogP contribution in [0.15, 0.2) is 22.7 Å². The fourth-order valence-corrected chi connectivity index (χ4v) is 2.79.